The third-order valence-electron chi connectivity index (χ3n) is 3.85. The SMILES string of the molecule is CCOC(=O)/C=C/[C@H](C)[C@H](C)O[Si](C)(C)C(C)(C)C. The van der Waals surface area contributed by atoms with Crippen LogP contribution in [0.3, 0.4) is 0 Å². The Bertz CT molecular complexity index is 316. The fourth-order valence-electron chi connectivity index (χ4n) is 1.33. The van der Waals surface area contributed by atoms with Crippen molar-refractivity contribution in [2.45, 2.75) is 65.8 Å². The van der Waals surface area contributed by atoms with Gasteiger partial charge in [-0.05, 0) is 37.9 Å². The molecule has 3 nitrogen and oxygen atoms in total. The van der Waals surface area contributed by atoms with Gasteiger partial charge < -0.3 is 9.16 Å². The van der Waals surface area contributed by atoms with Crippen LogP contribution in [0.25, 0.3) is 0 Å². The van der Waals surface area contributed by atoms with Crippen LogP contribution in [0.15, 0.2) is 12.2 Å². The van der Waals surface area contributed by atoms with Gasteiger partial charge >= 0.3 is 5.97 Å². The van der Waals surface area contributed by atoms with E-state index in [9.17, 15) is 4.79 Å². The van der Waals surface area contributed by atoms with Crippen LogP contribution in [0.1, 0.15) is 41.5 Å². The molecule has 0 saturated heterocycles. The van der Waals surface area contributed by atoms with Gasteiger partial charge in [-0.25, -0.2) is 4.79 Å². The number of rotatable bonds is 6. The van der Waals surface area contributed by atoms with Crippen LogP contribution in [0.4, 0.5) is 0 Å². The first-order chi connectivity index (χ1) is 8.51. The van der Waals surface area contributed by atoms with Gasteiger partial charge in [-0.2, -0.15) is 0 Å². The first-order valence-electron chi connectivity index (χ1n) is 7.04. The van der Waals surface area contributed by atoms with E-state index in [4.69, 9.17) is 9.16 Å². The molecule has 0 rings (SSSR count). The second kappa shape index (κ2) is 7.24. The Morgan fingerprint density at radius 2 is 1.79 bits per heavy atom. The van der Waals surface area contributed by atoms with Gasteiger partial charge in [0.1, 0.15) is 0 Å². The summed E-state index contributed by atoms with van der Waals surface area (Å²) in [7, 11) is -1.75. The number of carbonyl (C=O) groups excluding carboxylic acids is 1. The average Bonchev–Trinajstić information content (AvgIpc) is 2.24. The van der Waals surface area contributed by atoms with Crippen LogP contribution in [0.2, 0.25) is 18.1 Å². The molecule has 0 amide bonds. The molecule has 0 spiro atoms. The lowest BCUT2D eigenvalue weighted by Crippen LogP contribution is -2.44. The van der Waals surface area contributed by atoms with Crippen LogP contribution in [0.5, 0.6) is 0 Å². The van der Waals surface area contributed by atoms with E-state index < -0.39 is 8.32 Å². The highest BCUT2D eigenvalue weighted by molar-refractivity contribution is 6.74. The monoisotopic (exact) mass is 286 g/mol. The van der Waals surface area contributed by atoms with E-state index in [0.29, 0.717) is 6.61 Å². The summed E-state index contributed by atoms with van der Waals surface area (Å²) in [6.45, 7) is 17.5. The number of esters is 1. The van der Waals surface area contributed by atoms with Crippen molar-refractivity contribution in [3.05, 3.63) is 12.2 Å². The third-order valence-corrected chi connectivity index (χ3v) is 8.42. The Balaban J connectivity index is 4.51. The lowest BCUT2D eigenvalue weighted by atomic mass is 10.1. The molecule has 0 saturated carbocycles. The van der Waals surface area contributed by atoms with Crippen LogP contribution in [-0.2, 0) is 14.0 Å². The summed E-state index contributed by atoms with van der Waals surface area (Å²) in [5, 5.41) is 0.200. The summed E-state index contributed by atoms with van der Waals surface area (Å²) in [4.78, 5) is 11.3. The highest BCUT2D eigenvalue weighted by atomic mass is 28.4. The molecule has 0 unspecified atom stereocenters. The molecule has 0 aromatic heterocycles. The van der Waals surface area contributed by atoms with Gasteiger partial charge in [-0.3, -0.25) is 0 Å². The van der Waals surface area contributed by atoms with Crippen LogP contribution in [-0.4, -0.2) is 27.0 Å². The van der Waals surface area contributed by atoms with Crippen molar-refractivity contribution >= 4 is 14.3 Å². The minimum Gasteiger partial charge on any atom is -0.463 e. The zero-order valence-corrected chi connectivity index (χ0v) is 14.7. The van der Waals surface area contributed by atoms with Gasteiger partial charge in [0.05, 0.1) is 6.61 Å². The van der Waals surface area contributed by atoms with E-state index in [1.807, 2.05) is 6.08 Å². The molecule has 2 atom stereocenters. The molecule has 0 aliphatic heterocycles. The minimum absolute atomic E-state index is 0.103. The minimum atomic E-state index is -1.75. The van der Waals surface area contributed by atoms with Crippen LogP contribution < -0.4 is 0 Å². The summed E-state index contributed by atoms with van der Waals surface area (Å²) in [6.07, 6.45) is 3.47. The van der Waals surface area contributed by atoms with Crippen molar-refractivity contribution in [2.75, 3.05) is 6.61 Å². The first-order valence-corrected chi connectivity index (χ1v) is 9.95. The predicted octanol–water partition coefficient (Wildman–Crippen LogP) is 4.15. The fraction of sp³-hybridized carbons (Fsp3) is 0.800. The number of hydrogen-bond donors (Lipinski definition) is 0. The van der Waals surface area contributed by atoms with Crippen molar-refractivity contribution in [1.82, 2.24) is 0 Å². The summed E-state index contributed by atoms with van der Waals surface area (Å²) in [5.74, 6) is -0.0904. The number of hydrogen-bond acceptors (Lipinski definition) is 3. The Morgan fingerprint density at radius 3 is 2.21 bits per heavy atom. The van der Waals surface area contributed by atoms with Crippen molar-refractivity contribution in [3.8, 4) is 0 Å². The van der Waals surface area contributed by atoms with Crippen LogP contribution in [0, 0.1) is 5.92 Å². The molecule has 0 aromatic rings. The van der Waals surface area contributed by atoms with Crippen molar-refractivity contribution in [3.63, 3.8) is 0 Å². The maximum absolute atomic E-state index is 11.3. The van der Waals surface area contributed by atoms with Gasteiger partial charge in [-0.1, -0.05) is 33.8 Å². The van der Waals surface area contributed by atoms with E-state index >= 15 is 0 Å². The van der Waals surface area contributed by atoms with Gasteiger partial charge in [0, 0.05) is 12.2 Å². The zero-order valence-electron chi connectivity index (χ0n) is 13.7. The number of ether oxygens (including phenoxy) is 1. The zero-order chi connectivity index (χ0) is 15.3. The van der Waals surface area contributed by atoms with E-state index in [-0.39, 0.29) is 23.0 Å². The second-order valence-electron chi connectivity index (χ2n) is 6.55. The molecule has 0 aliphatic carbocycles. The van der Waals surface area contributed by atoms with Crippen molar-refractivity contribution < 1.29 is 14.0 Å². The molecule has 4 heteroatoms. The molecule has 0 aromatic carbocycles. The van der Waals surface area contributed by atoms with E-state index in [0.717, 1.165) is 0 Å². The quantitative estimate of drug-likeness (QED) is 0.418. The van der Waals surface area contributed by atoms with Crippen molar-refractivity contribution in [2.24, 2.45) is 5.92 Å². The van der Waals surface area contributed by atoms with Gasteiger partial charge in [0.25, 0.3) is 0 Å². The summed E-state index contributed by atoms with van der Waals surface area (Å²) in [6, 6.07) is 0. The summed E-state index contributed by atoms with van der Waals surface area (Å²) >= 11 is 0. The molecule has 0 N–H and O–H groups in total. The Hall–Kier alpha value is -0.613. The van der Waals surface area contributed by atoms with Crippen LogP contribution >= 0.6 is 0 Å². The highest BCUT2D eigenvalue weighted by Gasteiger charge is 2.38. The molecule has 19 heavy (non-hydrogen) atoms. The van der Waals surface area contributed by atoms with E-state index in [1.54, 1.807) is 6.92 Å². The largest absolute Gasteiger partial charge is 0.463 e. The topological polar surface area (TPSA) is 35.5 Å². The molecular formula is C15H30O3Si. The van der Waals surface area contributed by atoms with Gasteiger partial charge in [0.2, 0.25) is 0 Å². The molecule has 0 aliphatic rings. The number of carbonyl (C=O) groups is 1. The predicted molar refractivity (Wildman–Crippen MR) is 82.7 cm³/mol. The third kappa shape index (κ3) is 6.39. The molecule has 112 valence electrons. The van der Waals surface area contributed by atoms with Crippen molar-refractivity contribution in [1.29, 1.82) is 0 Å². The normalized spacial score (nSPS) is 16.4. The van der Waals surface area contributed by atoms with E-state index in [1.165, 1.54) is 6.08 Å². The van der Waals surface area contributed by atoms with Gasteiger partial charge in [-0.15, -0.1) is 0 Å². The molecule has 0 radical (unpaired) electrons. The first kappa shape index (κ1) is 18.4. The smallest absolute Gasteiger partial charge is 0.330 e. The lowest BCUT2D eigenvalue weighted by Gasteiger charge is -2.39. The Kier molecular flexibility index (Phi) is 7.01. The average molecular weight is 286 g/mol. The Morgan fingerprint density at radius 1 is 1.26 bits per heavy atom. The van der Waals surface area contributed by atoms with Gasteiger partial charge in [0.15, 0.2) is 8.32 Å². The molecule has 0 bridgehead atoms. The second-order valence-corrected chi connectivity index (χ2v) is 11.3. The van der Waals surface area contributed by atoms with E-state index in [2.05, 4.69) is 47.7 Å². The standard InChI is InChI=1S/C15H30O3Si/c1-9-17-14(16)11-10-12(2)13(3)18-19(7,8)15(4,5)6/h10-13H,9H2,1-8H3/b11-10+/t12-,13-/m0/s1. The maximum atomic E-state index is 11.3. The highest BCUT2D eigenvalue weighted by Crippen LogP contribution is 2.38. The fourth-order valence-corrected chi connectivity index (χ4v) is 2.82. The molecular weight excluding hydrogens is 256 g/mol. The molecule has 0 heterocycles. The lowest BCUT2D eigenvalue weighted by molar-refractivity contribution is -0.137. The summed E-state index contributed by atoms with van der Waals surface area (Å²) < 4.78 is 11.2. The maximum Gasteiger partial charge on any atom is 0.330 e. The Labute approximate surface area is 119 Å². The summed E-state index contributed by atoms with van der Waals surface area (Å²) in [5.41, 5.74) is 0. The molecule has 0 fully saturated rings.